The van der Waals surface area contributed by atoms with Crippen molar-refractivity contribution < 1.29 is 4.79 Å². The lowest BCUT2D eigenvalue weighted by Crippen LogP contribution is -2.31. The second kappa shape index (κ2) is 3.25. The number of aryl methyl sites for hydroxylation is 1. The molecule has 0 atom stereocenters. The number of benzene rings is 1. The van der Waals surface area contributed by atoms with Crippen molar-refractivity contribution in [2.75, 3.05) is 6.54 Å². The Hall–Kier alpha value is -1.48. The highest BCUT2D eigenvalue weighted by Crippen LogP contribution is 2.32. The third-order valence-corrected chi connectivity index (χ3v) is 3.39. The van der Waals surface area contributed by atoms with Crippen LogP contribution < -0.4 is 5.32 Å². The van der Waals surface area contributed by atoms with Crippen molar-refractivity contribution in [1.29, 1.82) is 0 Å². The molecule has 1 aliphatic heterocycles. The molecule has 3 nitrogen and oxygen atoms in total. The maximum absolute atomic E-state index is 11.8. The third-order valence-electron chi connectivity index (χ3n) is 3.08. The van der Waals surface area contributed by atoms with E-state index in [4.69, 9.17) is 11.6 Å². The lowest BCUT2D eigenvalue weighted by atomic mass is 10.0. The van der Waals surface area contributed by atoms with Crippen LogP contribution in [-0.4, -0.2) is 17.4 Å². The van der Waals surface area contributed by atoms with Gasteiger partial charge in [0.15, 0.2) is 0 Å². The Morgan fingerprint density at radius 1 is 1.38 bits per heavy atom. The molecule has 2 heterocycles. The molecule has 1 aromatic carbocycles. The number of aromatic amines is 1. The summed E-state index contributed by atoms with van der Waals surface area (Å²) >= 11 is 6.17. The van der Waals surface area contributed by atoms with Gasteiger partial charge in [-0.3, -0.25) is 4.79 Å². The molecular formula is C12H11ClN2O. The lowest BCUT2D eigenvalue weighted by molar-refractivity contribution is 0.0947. The minimum absolute atomic E-state index is 0.0278. The summed E-state index contributed by atoms with van der Waals surface area (Å²) in [7, 11) is 0. The standard InChI is InChI=1S/C12H11ClN2O/c1-6-2-3-7(13)9-10-8(15-11(6)9)4-5-14-12(10)16/h2-3,15H,4-5H2,1H3,(H,14,16). The minimum atomic E-state index is -0.0278. The molecular weight excluding hydrogens is 224 g/mol. The zero-order chi connectivity index (χ0) is 11.3. The molecule has 82 valence electrons. The number of hydrogen-bond acceptors (Lipinski definition) is 1. The number of aromatic nitrogens is 1. The SMILES string of the molecule is Cc1ccc(Cl)c2c3c([nH]c12)CCNC3=O. The summed E-state index contributed by atoms with van der Waals surface area (Å²) in [5.41, 5.74) is 3.81. The van der Waals surface area contributed by atoms with E-state index in [9.17, 15) is 4.79 Å². The zero-order valence-corrected chi connectivity index (χ0v) is 9.61. The average molecular weight is 235 g/mol. The Morgan fingerprint density at radius 2 is 2.19 bits per heavy atom. The first-order valence-corrected chi connectivity index (χ1v) is 5.64. The van der Waals surface area contributed by atoms with E-state index in [1.165, 1.54) is 0 Å². The van der Waals surface area contributed by atoms with Crippen molar-refractivity contribution >= 4 is 28.4 Å². The van der Waals surface area contributed by atoms with Crippen molar-refractivity contribution in [3.8, 4) is 0 Å². The van der Waals surface area contributed by atoms with Crippen molar-refractivity contribution in [2.45, 2.75) is 13.3 Å². The topological polar surface area (TPSA) is 44.9 Å². The van der Waals surface area contributed by atoms with E-state index in [1.807, 2.05) is 19.1 Å². The quantitative estimate of drug-likeness (QED) is 0.723. The van der Waals surface area contributed by atoms with E-state index in [-0.39, 0.29) is 5.91 Å². The minimum Gasteiger partial charge on any atom is -0.357 e. The monoisotopic (exact) mass is 234 g/mol. The molecule has 1 aliphatic rings. The van der Waals surface area contributed by atoms with Crippen LogP contribution in [0.2, 0.25) is 5.02 Å². The normalized spacial score (nSPS) is 15.0. The highest BCUT2D eigenvalue weighted by Gasteiger charge is 2.24. The number of amides is 1. The van der Waals surface area contributed by atoms with E-state index in [1.54, 1.807) is 0 Å². The summed E-state index contributed by atoms with van der Waals surface area (Å²) in [6.07, 6.45) is 0.839. The fourth-order valence-corrected chi connectivity index (χ4v) is 2.53. The molecule has 0 fully saturated rings. The van der Waals surface area contributed by atoms with Crippen LogP contribution >= 0.6 is 11.6 Å². The van der Waals surface area contributed by atoms with Gasteiger partial charge in [0.2, 0.25) is 0 Å². The second-order valence-electron chi connectivity index (χ2n) is 4.10. The molecule has 0 saturated carbocycles. The smallest absolute Gasteiger partial charge is 0.253 e. The van der Waals surface area contributed by atoms with Crippen LogP contribution in [0.4, 0.5) is 0 Å². The largest absolute Gasteiger partial charge is 0.357 e. The Kier molecular flexibility index (Phi) is 1.98. The summed E-state index contributed by atoms with van der Waals surface area (Å²) in [6, 6.07) is 3.81. The van der Waals surface area contributed by atoms with Gasteiger partial charge in [0.05, 0.1) is 16.1 Å². The summed E-state index contributed by atoms with van der Waals surface area (Å²) < 4.78 is 0. The summed E-state index contributed by atoms with van der Waals surface area (Å²) in [5, 5.41) is 4.34. The van der Waals surface area contributed by atoms with Crippen molar-refractivity contribution in [2.24, 2.45) is 0 Å². The summed E-state index contributed by atoms with van der Waals surface area (Å²) in [5.74, 6) is -0.0278. The number of halogens is 1. The number of nitrogens with one attached hydrogen (secondary N) is 2. The fourth-order valence-electron chi connectivity index (χ4n) is 2.28. The predicted molar refractivity (Wildman–Crippen MR) is 64.1 cm³/mol. The molecule has 0 radical (unpaired) electrons. The molecule has 3 rings (SSSR count). The molecule has 0 saturated heterocycles. The molecule has 0 bridgehead atoms. The third kappa shape index (κ3) is 1.18. The van der Waals surface area contributed by atoms with E-state index in [0.717, 1.165) is 34.1 Å². The van der Waals surface area contributed by atoms with Gasteiger partial charge in [-0.25, -0.2) is 0 Å². The number of carbonyl (C=O) groups excluding carboxylic acids is 1. The van der Waals surface area contributed by atoms with Crippen LogP contribution in [0.3, 0.4) is 0 Å². The van der Waals surface area contributed by atoms with Gasteiger partial charge in [-0.1, -0.05) is 17.7 Å². The van der Waals surface area contributed by atoms with Gasteiger partial charge >= 0.3 is 0 Å². The number of fused-ring (bicyclic) bond motifs is 3. The van der Waals surface area contributed by atoms with E-state index in [2.05, 4.69) is 10.3 Å². The highest BCUT2D eigenvalue weighted by atomic mass is 35.5. The molecule has 1 amide bonds. The molecule has 16 heavy (non-hydrogen) atoms. The predicted octanol–water partition coefficient (Wildman–Crippen LogP) is 2.42. The van der Waals surface area contributed by atoms with Gasteiger partial charge in [0.25, 0.3) is 5.91 Å². The van der Waals surface area contributed by atoms with Gasteiger partial charge in [0, 0.05) is 24.0 Å². The molecule has 0 spiro atoms. The maximum atomic E-state index is 11.8. The van der Waals surface area contributed by atoms with Crippen molar-refractivity contribution in [1.82, 2.24) is 10.3 Å². The Labute approximate surface area is 97.8 Å². The molecule has 2 aromatic rings. The molecule has 0 aliphatic carbocycles. The van der Waals surface area contributed by atoms with Gasteiger partial charge in [-0.2, -0.15) is 0 Å². The van der Waals surface area contributed by atoms with Crippen LogP contribution in [0.5, 0.6) is 0 Å². The zero-order valence-electron chi connectivity index (χ0n) is 8.86. The van der Waals surface area contributed by atoms with Gasteiger partial charge < -0.3 is 10.3 Å². The number of hydrogen-bond donors (Lipinski definition) is 2. The van der Waals surface area contributed by atoms with Crippen LogP contribution in [0.1, 0.15) is 21.6 Å². The number of rotatable bonds is 0. The highest BCUT2D eigenvalue weighted by molar-refractivity contribution is 6.37. The summed E-state index contributed by atoms with van der Waals surface area (Å²) in [4.78, 5) is 15.1. The Balaban J connectivity index is 2.46. The van der Waals surface area contributed by atoms with Gasteiger partial charge in [-0.15, -0.1) is 0 Å². The fraction of sp³-hybridized carbons (Fsp3) is 0.250. The Bertz CT molecular complexity index is 601. The first-order valence-electron chi connectivity index (χ1n) is 5.26. The molecule has 1 aromatic heterocycles. The number of H-pyrrole nitrogens is 1. The Morgan fingerprint density at radius 3 is 3.00 bits per heavy atom. The van der Waals surface area contributed by atoms with Gasteiger partial charge in [0.1, 0.15) is 0 Å². The first-order chi connectivity index (χ1) is 7.68. The van der Waals surface area contributed by atoms with E-state index in [0.29, 0.717) is 11.6 Å². The molecule has 0 unspecified atom stereocenters. The maximum Gasteiger partial charge on any atom is 0.253 e. The van der Waals surface area contributed by atoms with Crippen molar-refractivity contribution in [3.63, 3.8) is 0 Å². The van der Waals surface area contributed by atoms with E-state index >= 15 is 0 Å². The van der Waals surface area contributed by atoms with Crippen LogP contribution in [0.15, 0.2) is 12.1 Å². The average Bonchev–Trinajstić information content (AvgIpc) is 2.65. The number of carbonyl (C=O) groups is 1. The molecule has 4 heteroatoms. The van der Waals surface area contributed by atoms with Gasteiger partial charge in [-0.05, 0) is 18.6 Å². The van der Waals surface area contributed by atoms with Crippen molar-refractivity contribution in [3.05, 3.63) is 34.0 Å². The first kappa shape index (κ1) is 9.73. The summed E-state index contributed by atoms with van der Waals surface area (Å²) in [6.45, 7) is 2.70. The second-order valence-corrected chi connectivity index (χ2v) is 4.51. The van der Waals surface area contributed by atoms with Crippen LogP contribution in [-0.2, 0) is 6.42 Å². The molecule has 2 N–H and O–H groups in total. The van der Waals surface area contributed by atoms with Crippen LogP contribution in [0, 0.1) is 6.92 Å². The van der Waals surface area contributed by atoms with Crippen LogP contribution in [0.25, 0.3) is 10.9 Å². The van der Waals surface area contributed by atoms with E-state index < -0.39 is 0 Å². The lowest BCUT2D eigenvalue weighted by Gasteiger charge is -2.12.